The second-order valence-electron chi connectivity index (χ2n) is 2.44. The predicted molar refractivity (Wildman–Crippen MR) is 33.5 cm³/mol. The van der Waals surface area contributed by atoms with E-state index in [-0.39, 0.29) is 0 Å². The Morgan fingerprint density at radius 3 is 3.12 bits per heavy atom. The van der Waals surface area contributed by atoms with E-state index in [1.807, 2.05) is 0 Å². The zero-order valence-corrected chi connectivity index (χ0v) is 5.23. The summed E-state index contributed by atoms with van der Waals surface area (Å²) < 4.78 is 5.24. The van der Waals surface area contributed by atoms with Gasteiger partial charge in [0, 0.05) is 13.2 Å². The van der Waals surface area contributed by atoms with Crippen LogP contribution in [0.25, 0.3) is 0 Å². The average molecular weight is 113 g/mol. The molecule has 1 nitrogen and oxygen atoms in total. The van der Waals surface area contributed by atoms with Crippen LogP contribution in [-0.2, 0) is 4.74 Å². The third-order valence-electron chi connectivity index (χ3n) is 1.50. The molecule has 1 atom stereocenters. The summed E-state index contributed by atoms with van der Waals surface area (Å²) in [5, 5.41) is 0. The van der Waals surface area contributed by atoms with Crippen molar-refractivity contribution in [3.05, 3.63) is 6.92 Å². The fourth-order valence-corrected chi connectivity index (χ4v) is 0.970. The molecule has 0 aliphatic carbocycles. The van der Waals surface area contributed by atoms with E-state index in [1.165, 1.54) is 19.3 Å². The molecule has 0 amide bonds. The minimum Gasteiger partial charge on any atom is -0.381 e. The summed E-state index contributed by atoms with van der Waals surface area (Å²) in [4.78, 5) is 0. The van der Waals surface area contributed by atoms with Crippen molar-refractivity contribution in [3.63, 3.8) is 0 Å². The number of hydrogen-bond acceptors (Lipinski definition) is 1. The Kier molecular flexibility index (Phi) is 2.34. The summed E-state index contributed by atoms with van der Waals surface area (Å²) in [6.45, 7) is 5.76. The fraction of sp³-hybridized carbons (Fsp3) is 0.857. The Bertz CT molecular complexity index is 53.4. The van der Waals surface area contributed by atoms with Crippen LogP contribution in [0.15, 0.2) is 0 Å². The van der Waals surface area contributed by atoms with E-state index in [0.29, 0.717) is 5.92 Å². The summed E-state index contributed by atoms with van der Waals surface area (Å²) in [5.41, 5.74) is 0. The average Bonchev–Trinajstić information content (AvgIpc) is 1.94. The zero-order chi connectivity index (χ0) is 5.82. The minimum absolute atomic E-state index is 0.553. The number of rotatable bonds is 0. The van der Waals surface area contributed by atoms with Crippen LogP contribution in [0.4, 0.5) is 0 Å². The van der Waals surface area contributed by atoms with Crippen LogP contribution < -0.4 is 0 Å². The normalized spacial score (nSPS) is 31.9. The molecule has 1 radical (unpaired) electrons. The third kappa shape index (κ3) is 1.83. The highest BCUT2D eigenvalue weighted by Crippen LogP contribution is 2.11. The van der Waals surface area contributed by atoms with Crippen LogP contribution in [0.2, 0.25) is 0 Å². The largest absolute Gasteiger partial charge is 0.381 e. The van der Waals surface area contributed by atoms with Crippen molar-refractivity contribution in [1.82, 2.24) is 0 Å². The van der Waals surface area contributed by atoms with Gasteiger partial charge >= 0.3 is 0 Å². The molecule has 1 fully saturated rings. The van der Waals surface area contributed by atoms with E-state index in [4.69, 9.17) is 4.74 Å². The highest BCUT2D eigenvalue weighted by atomic mass is 16.5. The Morgan fingerprint density at radius 2 is 2.25 bits per heavy atom. The molecule has 0 N–H and O–H groups in total. The molecule has 0 saturated carbocycles. The Hall–Kier alpha value is -0.0400. The highest BCUT2D eigenvalue weighted by Gasteiger charge is 2.05. The lowest BCUT2D eigenvalue weighted by Crippen LogP contribution is -2.01. The van der Waals surface area contributed by atoms with Crippen LogP contribution in [0, 0.1) is 12.8 Å². The van der Waals surface area contributed by atoms with Crippen LogP contribution in [-0.4, -0.2) is 13.2 Å². The number of ether oxygens (including phenoxy) is 1. The van der Waals surface area contributed by atoms with Gasteiger partial charge in [-0.25, -0.2) is 0 Å². The maximum Gasteiger partial charge on any atom is 0.0494 e. The smallest absolute Gasteiger partial charge is 0.0494 e. The van der Waals surface area contributed by atoms with Crippen molar-refractivity contribution < 1.29 is 4.74 Å². The van der Waals surface area contributed by atoms with Gasteiger partial charge in [0.05, 0.1) is 0 Å². The van der Waals surface area contributed by atoms with Gasteiger partial charge in [0.2, 0.25) is 0 Å². The van der Waals surface area contributed by atoms with Crippen LogP contribution >= 0.6 is 0 Å². The van der Waals surface area contributed by atoms with Crippen LogP contribution in [0.5, 0.6) is 0 Å². The molecule has 8 heavy (non-hydrogen) atoms. The SMILES string of the molecule is [CH2]C1CCCCOC1. The summed E-state index contributed by atoms with van der Waals surface area (Å²) in [7, 11) is 0. The van der Waals surface area contributed by atoms with Gasteiger partial charge in [0.25, 0.3) is 0 Å². The molecule has 1 rings (SSSR count). The Morgan fingerprint density at radius 1 is 1.38 bits per heavy atom. The predicted octanol–water partition coefficient (Wildman–Crippen LogP) is 1.64. The highest BCUT2D eigenvalue weighted by molar-refractivity contribution is 4.62. The second-order valence-corrected chi connectivity index (χ2v) is 2.44. The van der Waals surface area contributed by atoms with Gasteiger partial charge in [0.15, 0.2) is 0 Å². The van der Waals surface area contributed by atoms with Gasteiger partial charge in [-0.05, 0) is 25.7 Å². The lowest BCUT2D eigenvalue weighted by Gasteiger charge is -2.02. The van der Waals surface area contributed by atoms with Crippen LogP contribution in [0.1, 0.15) is 19.3 Å². The first-order valence-electron chi connectivity index (χ1n) is 3.30. The summed E-state index contributed by atoms with van der Waals surface area (Å²) in [6, 6.07) is 0. The van der Waals surface area contributed by atoms with Crippen molar-refractivity contribution in [2.75, 3.05) is 13.2 Å². The molecule has 0 aromatic carbocycles. The molecule has 1 heterocycles. The lowest BCUT2D eigenvalue weighted by atomic mass is 10.1. The van der Waals surface area contributed by atoms with Crippen molar-refractivity contribution in [1.29, 1.82) is 0 Å². The molecular formula is C7H13O. The van der Waals surface area contributed by atoms with Gasteiger partial charge < -0.3 is 4.74 Å². The molecule has 1 unspecified atom stereocenters. The van der Waals surface area contributed by atoms with E-state index in [1.54, 1.807) is 0 Å². The zero-order valence-electron chi connectivity index (χ0n) is 5.23. The molecule has 0 bridgehead atoms. The number of hydrogen-bond donors (Lipinski definition) is 0. The van der Waals surface area contributed by atoms with Gasteiger partial charge in [-0.15, -0.1) is 0 Å². The quantitative estimate of drug-likeness (QED) is 0.464. The van der Waals surface area contributed by atoms with E-state index in [0.717, 1.165) is 13.2 Å². The van der Waals surface area contributed by atoms with E-state index < -0.39 is 0 Å². The molecule has 1 saturated heterocycles. The molecule has 0 aromatic heterocycles. The van der Waals surface area contributed by atoms with Gasteiger partial charge in [-0.2, -0.15) is 0 Å². The Balaban J connectivity index is 2.17. The van der Waals surface area contributed by atoms with Crippen molar-refractivity contribution >= 4 is 0 Å². The summed E-state index contributed by atoms with van der Waals surface area (Å²) >= 11 is 0. The second kappa shape index (κ2) is 3.08. The van der Waals surface area contributed by atoms with E-state index in [2.05, 4.69) is 6.92 Å². The molecule has 1 aliphatic heterocycles. The molecule has 0 spiro atoms. The Labute approximate surface area is 51.0 Å². The van der Waals surface area contributed by atoms with Gasteiger partial charge in [-0.3, -0.25) is 0 Å². The first kappa shape index (κ1) is 6.09. The summed E-state index contributed by atoms with van der Waals surface area (Å²) in [5.74, 6) is 0.553. The fourth-order valence-electron chi connectivity index (χ4n) is 0.970. The van der Waals surface area contributed by atoms with Crippen molar-refractivity contribution in [2.45, 2.75) is 19.3 Å². The van der Waals surface area contributed by atoms with E-state index in [9.17, 15) is 0 Å². The monoisotopic (exact) mass is 113 g/mol. The molecule has 47 valence electrons. The topological polar surface area (TPSA) is 9.23 Å². The van der Waals surface area contributed by atoms with Crippen molar-refractivity contribution in [3.8, 4) is 0 Å². The first-order chi connectivity index (χ1) is 3.89. The first-order valence-corrected chi connectivity index (χ1v) is 3.30. The maximum absolute atomic E-state index is 5.24. The lowest BCUT2D eigenvalue weighted by molar-refractivity contribution is 0.127. The molecular weight excluding hydrogens is 100 g/mol. The maximum atomic E-state index is 5.24. The molecule has 1 aliphatic rings. The third-order valence-corrected chi connectivity index (χ3v) is 1.50. The minimum atomic E-state index is 0.553. The van der Waals surface area contributed by atoms with Gasteiger partial charge in [-0.1, -0.05) is 6.42 Å². The summed E-state index contributed by atoms with van der Waals surface area (Å²) in [6.07, 6.45) is 3.78. The standard InChI is InChI=1S/C7H13O/c1-7-4-2-3-5-8-6-7/h7H,1-6H2. The van der Waals surface area contributed by atoms with E-state index >= 15 is 0 Å². The van der Waals surface area contributed by atoms with Crippen molar-refractivity contribution in [2.24, 2.45) is 5.92 Å². The van der Waals surface area contributed by atoms with Crippen LogP contribution in [0.3, 0.4) is 0 Å². The van der Waals surface area contributed by atoms with Gasteiger partial charge in [0.1, 0.15) is 0 Å². The molecule has 1 heteroatoms. The molecule has 0 aromatic rings.